The Labute approximate surface area is 282 Å². The summed E-state index contributed by atoms with van der Waals surface area (Å²) in [6.07, 6.45) is 1.08. The van der Waals surface area contributed by atoms with Crippen molar-refractivity contribution in [2.24, 2.45) is 7.05 Å². The molecule has 4 heterocycles. The number of carbonyl (C=O) groups is 1. The third kappa shape index (κ3) is 7.46. The van der Waals surface area contributed by atoms with Crippen LogP contribution in [0, 0.1) is 6.92 Å². The molecule has 2 unspecified atom stereocenters. The van der Waals surface area contributed by atoms with Crippen LogP contribution in [0.15, 0.2) is 65.7 Å². The van der Waals surface area contributed by atoms with E-state index in [1.54, 1.807) is 43.1 Å². The number of quaternary nitrogens is 1. The molecule has 0 bridgehead atoms. The number of benzene rings is 2. The molecule has 6 rings (SSSR count). The van der Waals surface area contributed by atoms with E-state index in [1.807, 2.05) is 4.90 Å². The van der Waals surface area contributed by atoms with E-state index >= 15 is 0 Å². The van der Waals surface area contributed by atoms with Crippen LogP contribution in [0.5, 0.6) is 11.6 Å². The summed E-state index contributed by atoms with van der Waals surface area (Å²) >= 11 is 0. The number of alkyl halides is 3. The van der Waals surface area contributed by atoms with Crippen LogP contribution < -0.4 is 15.1 Å². The third-order valence-electron chi connectivity index (χ3n) is 9.24. The summed E-state index contributed by atoms with van der Waals surface area (Å²) in [4.78, 5) is 29.0. The molecule has 2 atom stereocenters. The maximum atomic E-state index is 14.3. The predicted octanol–water partition coefficient (Wildman–Crippen LogP) is 5.34. The van der Waals surface area contributed by atoms with Crippen molar-refractivity contribution in [1.82, 2.24) is 29.4 Å². The standard InChI is InChI=1S/C35H39F3N8O3/c1-6-23(3)44(5)46-14-12-45(13-15-46)19-24-8-9-26(17-29(24)35(36,37)38)40-33(47)28-18-27(10-7-22(28)2)49-34-30-32(43(4)21-39-30)41-31(42-34)25-11-16-48-20-25/h7-11,16-18,20-21,23H,6,12-15,19H2,1-5H3,(H,40,47)/p+1. The highest BCUT2D eigenvalue weighted by Crippen LogP contribution is 2.35. The molecular formula is C35H40F3N8O3+. The van der Waals surface area contributed by atoms with Crippen molar-refractivity contribution in [1.29, 1.82) is 0 Å². The van der Waals surface area contributed by atoms with Gasteiger partial charge in [-0.2, -0.15) is 23.2 Å². The SMILES string of the molecule is CCC(C)[NH+](C)N1CCN(Cc2ccc(NC(=O)c3cc(Oc4nc(-c5ccoc5)nc5c4ncn5C)ccc3C)cc2C(F)(F)F)CC1. The molecular weight excluding hydrogens is 637 g/mol. The summed E-state index contributed by atoms with van der Waals surface area (Å²) in [6, 6.07) is 11.1. The first-order valence-corrected chi connectivity index (χ1v) is 16.2. The van der Waals surface area contributed by atoms with Crippen molar-refractivity contribution >= 4 is 22.8 Å². The lowest BCUT2D eigenvalue weighted by Gasteiger charge is -2.39. The van der Waals surface area contributed by atoms with E-state index in [0.717, 1.165) is 25.6 Å². The number of nitrogens with zero attached hydrogens (tertiary/aromatic N) is 6. The fraction of sp³-hybridized carbons (Fsp3) is 0.371. The number of rotatable bonds is 10. The van der Waals surface area contributed by atoms with E-state index in [4.69, 9.17) is 9.15 Å². The van der Waals surface area contributed by atoms with E-state index in [2.05, 4.69) is 46.2 Å². The second kappa shape index (κ2) is 14.0. The van der Waals surface area contributed by atoms with E-state index in [1.165, 1.54) is 35.7 Å². The van der Waals surface area contributed by atoms with Crippen LogP contribution in [-0.4, -0.2) is 74.6 Å². The summed E-state index contributed by atoms with van der Waals surface area (Å²) in [7, 11) is 3.94. The fourth-order valence-corrected chi connectivity index (χ4v) is 5.95. The zero-order chi connectivity index (χ0) is 34.9. The number of fused-ring (bicyclic) bond motifs is 1. The largest absolute Gasteiger partial charge is 0.472 e. The molecule has 1 fully saturated rings. The number of hydrogen-bond acceptors (Lipinski definition) is 8. The summed E-state index contributed by atoms with van der Waals surface area (Å²) in [5.41, 5.74) is 1.91. The molecule has 5 aromatic rings. The summed E-state index contributed by atoms with van der Waals surface area (Å²) in [5, 5.41) is 6.32. The van der Waals surface area contributed by atoms with Crippen molar-refractivity contribution in [2.75, 3.05) is 38.5 Å². The Morgan fingerprint density at radius 1 is 1.10 bits per heavy atom. The van der Waals surface area contributed by atoms with Gasteiger partial charge in [0.2, 0.25) is 0 Å². The van der Waals surface area contributed by atoms with Gasteiger partial charge < -0.3 is 19.0 Å². The average molecular weight is 678 g/mol. The molecule has 0 saturated carbocycles. The molecule has 0 radical (unpaired) electrons. The molecule has 1 aliphatic heterocycles. The molecule has 11 nitrogen and oxygen atoms in total. The van der Waals surface area contributed by atoms with Crippen molar-refractivity contribution in [3.63, 3.8) is 0 Å². The minimum atomic E-state index is -4.59. The Hall–Kier alpha value is -4.79. The number of imidazole rings is 1. The number of anilines is 1. The average Bonchev–Trinajstić information content (AvgIpc) is 3.76. The van der Waals surface area contributed by atoms with Crippen molar-refractivity contribution in [2.45, 2.75) is 46.0 Å². The van der Waals surface area contributed by atoms with Crippen LogP contribution >= 0.6 is 0 Å². The number of piperazine rings is 1. The van der Waals surface area contributed by atoms with Gasteiger partial charge in [0.05, 0.1) is 43.9 Å². The number of ether oxygens (including phenoxy) is 1. The Balaban J connectivity index is 1.19. The van der Waals surface area contributed by atoms with Gasteiger partial charge >= 0.3 is 6.18 Å². The minimum Gasteiger partial charge on any atom is -0.472 e. The lowest BCUT2D eigenvalue weighted by atomic mass is 10.0. The van der Waals surface area contributed by atoms with Crippen LogP contribution in [0.1, 0.15) is 47.3 Å². The number of carbonyl (C=O) groups excluding carboxylic acids is 1. The van der Waals surface area contributed by atoms with Gasteiger partial charge in [-0.1, -0.05) is 19.1 Å². The lowest BCUT2D eigenvalue weighted by Crippen LogP contribution is -3.19. The Bertz CT molecular complexity index is 1930. The first kappa shape index (κ1) is 34.1. The molecule has 258 valence electrons. The number of halogens is 3. The zero-order valence-corrected chi connectivity index (χ0v) is 28.1. The van der Waals surface area contributed by atoms with Gasteiger partial charge in [-0.25, -0.2) is 9.97 Å². The van der Waals surface area contributed by atoms with E-state index in [0.29, 0.717) is 53.0 Å². The van der Waals surface area contributed by atoms with Gasteiger partial charge in [0, 0.05) is 37.9 Å². The Kier molecular flexibility index (Phi) is 9.72. The van der Waals surface area contributed by atoms with E-state index < -0.39 is 17.6 Å². The number of furan rings is 1. The number of nitrogens with one attached hydrogen (secondary N) is 2. The molecule has 49 heavy (non-hydrogen) atoms. The number of aromatic nitrogens is 4. The highest BCUT2D eigenvalue weighted by Gasteiger charge is 2.35. The first-order chi connectivity index (χ1) is 23.4. The van der Waals surface area contributed by atoms with Crippen LogP contribution in [0.4, 0.5) is 18.9 Å². The molecule has 1 saturated heterocycles. The second-order valence-electron chi connectivity index (χ2n) is 12.5. The molecule has 0 spiro atoms. The van der Waals surface area contributed by atoms with Gasteiger partial charge in [-0.05, 0) is 61.7 Å². The van der Waals surface area contributed by atoms with Crippen LogP contribution in [0.3, 0.4) is 0 Å². The quantitative estimate of drug-likeness (QED) is 0.204. The normalized spacial score (nSPS) is 15.8. The highest BCUT2D eigenvalue weighted by atomic mass is 19.4. The van der Waals surface area contributed by atoms with E-state index in [9.17, 15) is 18.0 Å². The van der Waals surface area contributed by atoms with Gasteiger partial charge in [-0.15, -0.1) is 0 Å². The summed E-state index contributed by atoms with van der Waals surface area (Å²) in [5.74, 6) is 0.263. The lowest BCUT2D eigenvalue weighted by molar-refractivity contribution is -1.02. The third-order valence-corrected chi connectivity index (χ3v) is 9.24. The Morgan fingerprint density at radius 3 is 2.57 bits per heavy atom. The molecule has 1 amide bonds. The molecule has 2 aromatic carbocycles. The summed E-state index contributed by atoms with van der Waals surface area (Å²) < 4.78 is 56.0. The maximum Gasteiger partial charge on any atom is 0.416 e. The molecule has 0 aliphatic carbocycles. The van der Waals surface area contributed by atoms with E-state index in [-0.39, 0.29) is 29.2 Å². The minimum absolute atomic E-state index is 0.0474. The number of hydrogen-bond donors (Lipinski definition) is 2. The van der Waals surface area contributed by atoms with Crippen LogP contribution in [0.25, 0.3) is 22.6 Å². The van der Waals surface area contributed by atoms with Crippen LogP contribution in [0.2, 0.25) is 0 Å². The maximum absolute atomic E-state index is 14.3. The smallest absolute Gasteiger partial charge is 0.416 e. The predicted molar refractivity (Wildman–Crippen MR) is 178 cm³/mol. The van der Waals surface area contributed by atoms with Gasteiger partial charge in [-0.3, -0.25) is 14.7 Å². The molecule has 14 heteroatoms. The van der Waals surface area contributed by atoms with Gasteiger partial charge in [0.15, 0.2) is 17.0 Å². The number of aryl methyl sites for hydroxylation is 2. The fourth-order valence-electron chi connectivity index (χ4n) is 5.95. The van der Waals surface area contributed by atoms with Gasteiger partial charge in [0.25, 0.3) is 11.8 Å². The molecule has 3 aromatic heterocycles. The zero-order valence-electron chi connectivity index (χ0n) is 28.1. The van der Waals surface area contributed by atoms with Crippen LogP contribution in [-0.2, 0) is 19.8 Å². The second-order valence-corrected chi connectivity index (χ2v) is 12.5. The van der Waals surface area contributed by atoms with Gasteiger partial charge in [0.1, 0.15) is 18.1 Å². The Morgan fingerprint density at radius 2 is 1.88 bits per heavy atom. The summed E-state index contributed by atoms with van der Waals surface area (Å²) in [6.45, 7) is 9.17. The monoisotopic (exact) mass is 677 g/mol. The van der Waals surface area contributed by atoms with Crippen molar-refractivity contribution in [3.8, 4) is 23.0 Å². The first-order valence-electron chi connectivity index (χ1n) is 16.2. The number of amides is 1. The molecule has 2 N–H and O–H groups in total. The van der Waals surface area contributed by atoms with Crippen molar-refractivity contribution in [3.05, 3.63) is 83.6 Å². The molecule has 1 aliphatic rings. The topological polar surface area (TPSA) is 106 Å². The highest BCUT2D eigenvalue weighted by molar-refractivity contribution is 6.05. The van der Waals surface area contributed by atoms with Crippen molar-refractivity contribution < 1.29 is 32.1 Å².